The van der Waals surface area contributed by atoms with Crippen LogP contribution in [-0.4, -0.2) is 14.1 Å². The molecule has 0 fully saturated rings. The largest absolute Gasteiger partial charge is 0.379 e. The van der Waals surface area contributed by atoms with Gasteiger partial charge in [0.15, 0.2) is 0 Å². The highest BCUT2D eigenvalue weighted by Gasteiger charge is 1.99. The fourth-order valence-corrected chi connectivity index (χ4v) is 2.06. The summed E-state index contributed by atoms with van der Waals surface area (Å²) in [5.41, 5.74) is 3.47. The summed E-state index contributed by atoms with van der Waals surface area (Å²) in [5, 5.41) is 3.44. The molecule has 3 rings (SSSR count). The van der Waals surface area contributed by atoms with E-state index >= 15 is 0 Å². The SMILES string of the molecule is Cn1cccc1CNc1cccc(-n2ccnc2)c1. The van der Waals surface area contributed by atoms with Crippen molar-refractivity contribution in [3.63, 3.8) is 0 Å². The van der Waals surface area contributed by atoms with Crippen molar-refractivity contribution in [3.05, 3.63) is 67.0 Å². The fraction of sp³-hybridized carbons (Fsp3) is 0.133. The molecule has 1 aromatic carbocycles. The van der Waals surface area contributed by atoms with Gasteiger partial charge in [-0.05, 0) is 30.3 Å². The van der Waals surface area contributed by atoms with E-state index in [1.54, 1.807) is 12.5 Å². The van der Waals surface area contributed by atoms with Crippen LogP contribution in [0.5, 0.6) is 0 Å². The van der Waals surface area contributed by atoms with Crippen LogP contribution in [0.1, 0.15) is 5.69 Å². The number of hydrogen-bond donors (Lipinski definition) is 1. The van der Waals surface area contributed by atoms with Crippen molar-refractivity contribution in [2.45, 2.75) is 6.54 Å². The Kier molecular flexibility index (Phi) is 3.06. The van der Waals surface area contributed by atoms with Crippen LogP contribution in [0.15, 0.2) is 61.3 Å². The van der Waals surface area contributed by atoms with Crippen molar-refractivity contribution in [2.24, 2.45) is 7.05 Å². The molecule has 0 saturated carbocycles. The average molecular weight is 252 g/mol. The lowest BCUT2D eigenvalue weighted by molar-refractivity contribution is 0.842. The van der Waals surface area contributed by atoms with Gasteiger partial charge in [0.2, 0.25) is 0 Å². The first-order valence-corrected chi connectivity index (χ1v) is 6.25. The van der Waals surface area contributed by atoms with Gasteiger partial charge in [0, 0.05) is 42.7 Å². The molecule has 3 aromatic rings. The molecular weight excluding hydrogens is 236 g/mol. The molecule has 0 unspecified atom stereocenters. The third-order valence-electron chi connectivity index (χ3n) is 3.17. The summed E-state index contributed by atoms with van der Waals surface area (Å²) in [6.07, 6.45) is 7.58. The first kappa shape index (κ1) is 11.6. The van der Waals surface area contributed by atoms with Gasteiger partial charge >= 0.3 is 0 Å². The number of rotatable bonds is 4. The lowest BCUT2D eigenvalue weighted by atomic mass is 10.2. The zero-order valence-electron chi connectivity index (χ0n) is 10.8. The molecule has 96 valence electrons. The van der Waals surface area contributed by atoms with E-state index in [1.165, 1.54) is 5.69 Å². The Morgan fingerprint density at radius 1 is 1.16 bits per heavy atom. The van der Waals surface area contributed by atoms with Crippen LogP contribution < -0.4 is 5.32 Å². The summed E-state index contributed by atoms with van der Waals surface area (Å²) >= 11 is 0. The number of nitrogens with one attached hydrogen (secondary N) is 1. The molecule has 0 spiro atoms. The topological polar surface area (TPSA) is 34.8 Å². The molecule has 2 heterocycles. The summed E-state index contributed by atoms with van der Waals surface area (Å²) in [5.74, 6) is 0. The molecular formula is C15H16N4. The highest BCUT2D eigenvalue weighted by molar-refractivity contribution is 5.51. The third kappa shape index (κ3) is 2.52. The number of hydrogen-bond acceptors (Lipinski definition) is 2. The minimum atomic E-state index is 0.816. The number of aromatic nitrogens is 3. The van der Waals surface area contributed by atoms with E-state index in [4.69, 9.17) is 0 Å². The Balaban J connectivity index is 1.75. The summed E-state index contributed by atoms with van der Waals surface area (Å²) in [6.45, 7) is 0.816. The average Bonchev–Trinajstić information content (AvgIpc) is 3.08. The van der Waals surface area contributed by atoms with E-state index in [0.717, 1.165) is 17.9 Å². The first-order valence-electron chi connectivity index (χ1n) is 6.25. The number of aryl methyl sites for hydroxylation is 1. The second-order valence-corrected chi connectivity index (χ2v) is 4.48. The second-order valence-electron chi connectivity index (χ2n) is 4.48. The van der Waals surface area contributed by atoms with Crippen LogP contribution in [0.3, 0.4) is 0 Å². The molecule has 19 heavy (non-hydrogen) atoms. The van der Waals surface area contributed by atoms with Gasteiger partial charge in [-0.1, -0.05) is 6.07 Å². The number of anilines is 1. The predicted octanol–water partition coefficient (Wildman–Crippen LogP) is 2.82. The van der Waals surface area contributed by atoms with Crippen molar-refractivity contribution >= 4 is 5.69 Å². The van der Waals surface area contributed by atoms with E-state index in [2.05, 4.69) is 58.4 Å². The Morgan fingerprint density at radius 3 is 2.84 bits per heavy atom. The van der Waals surface area contributed by atoms with Gasteiger partial charge in [0.05, 0.1) is 12.9 Å². The summed E-state index contributed by atoms with van der Waals surface area (Å²) in [6, 6.07) is 12.5. The summed E-state index contributed by atoms with van der Waals surface area (Å²) in [4.78, 5) is 4.07. The minimum Gasteiger partial charge on any atom is -0.379 e. The quantitative estimate of drug-likeness (QED) is 0.775. The molecule has 0 saturated heterocycles. The molecule has 0 aliphatic heterocycles. The molecule has 0 radical (unpaired) electrons. The third-order valence-corrected chi connectivity index (χ3v) is 3.17. The predicted molar refractivity (Wildman–Crippen MR) is 76.3 cm³/mol. The highest BCUT2D eigenvalue weighted by atomic mass is 15.0. The van der Waals surface area contributed by atoms with Crippen molar-refractivity contribution in [1.29, 1.82) is 0 Å². The van der Waals surface area contributed by atoms with Crippen LogP contribution in [0.2, 0.25) is 0 Å². The van der Waals surface area contributed by atoms with Crippen LogP contribution in [0.4, 0.5) is 5.69 Å². The van der Waals surface area contributed by atoms with Gasteiger partial charge in [-0.15, -0.1) is 0 Å². The molecule has 0 aliphatic rings. The minimum absolute atomic E-state index is 0.816. The van der Waals surface area contributed by atoms with E-state index in [1.807, 2.05) is 16.8 Å². The molecule has 0 amide bonds. The fourth-order valence-electron chi connectivity index (χ4n) is 2.06. The first-order chi connectivity index (χ1) is 9.33. The Labute approximate surface area is 112 Å². The Hall–Kier alpha value is -2.49. The Bertz CT molecular complexity index is 652. The molecule has 4 nitrogen and oxygen atoms in total. The monoisotopic (exact) mass is 252 g/mol. The lowest BCUT2D eigenvalue weighted by Gasteiger charge is -2.09. The van der Waals surface area contributed by atoms with Crippen molar-refractivity contribution in [2.75, 3.05) is 5.32 Å². The van der Waals surface area contributed by atoms with Gasteiger partial charge in [-0.3, -0.25) is 0 Å². The molecule has 0 atom stereocenters. The number of nitrogens with zero attached hydrogens (tertiary/aromatic N) is 3. The normalized spacial score (nSPS) is 10.6. The maximum atomic E-state index is 4.07. The standard InChI is InChI=1S/C15H16N4/c1-18-8-3-6-15(18)11-17-13-4-2-5-14(10-13)19-9-7-16-12-19/h2-10,12,17H,11H2,1H3. The lowest BCUT2D eigenvalue weighted by Crippen LogP contribution is -2.04. The van der Waals surface area contributed by atoms with Crippen LogP contribution in [0.25, 0.3) is 5.69 Å². The maximum Gasteiger partial charge on any atom is 0.0991 e. The van der Waals surface area contributed by atoms with Gasteiger partial charge in [-0.25, -0.2) is 4.98 Å². The second kappa shape index (κ2) is 5.02. The molecule has 2 aromatic heterocycles. The van der Waals surface area contributed by atoms with Gasteiger partial charge in [0.25, 0.3) is 0 Å². The van der Waals surface area contributed by atoms with E-state index in [0.29, 0.717) is 0 Å². The molecule has 0 aliphatic carbocycles. The van der Waals surface area contributed by atoms with Crippen molar-refractivity contribution in [3.8, 4) is 5.69 Å². The van der Waals surface area contributed by atoms with E-state index in [9.17, 15) is 0 Å². The number of benzene rings is 1. The van der Waals surface area contributed by atoms with Gasteiger partial charge in [-0.2, -0.15) is 0 Å². The molecule has 0 bridgehead atoms. The van der Waals surface area contributed by atoms with E-state index < -0.39 is 0 Å². The van der Waals surface area contributed by atoms with Crippen LogP contribution in [0, 0.1) is 0 Å². The van der Waals surface area contributed by atoms with E-state index in [-0.39, 0.29) is 0 Å². The van der Waals surface area contributed by atoms with Gasteiger partial charge < -0.3 is 14.5 Å². The Morgan fingerprint density at radius 2 is 2.11 bits per heavy atom. The van der Waals surface area contributed by atoms with Crippen molar-refractivity contribution < 1.29 is 0 Å². The summed E-state index contributed by atoms with van der Waals surface area (Å²) in [7, 11) is 2.05. The molecule has 4 heteroatoms. The van der Waals surface area contributed by atoms with Gasteiger partial charge in [0.1, 0.15) is 0 Å². The molecule has 1 N–H and O–H groups in total. The van der Waals surface area contributed by atoms with Crippen LogP contribution >= 0.6 is 0 Å². The smallest absolute Gasteiger partial charge is 0.0991 e. The number of imidazole rings is 1. The zero-order valence-corrected chi connectivity index (χ0v) is 10.8. The zero-order chi connectivity index (χ0) is 13.1. The maximum absolute atomic E-state index is 4.07. The highest BCUT2D eigenvalue weighted by Crippen LogP contribution is 2.15. The van der Waals surface area contributed by atoms with Crippen molar-refractivity contribution in [1.82, 2.24) is 14.1 Å². The van der Waals surface area contributed by atoms with Crippen LogP contribution in [-0.2, 0) is 13.6 Å². The summed E-state index contributed by atoms with van der Waals surface area (Å²) < 4.78 is 4.11.